The number of anilines is 1. The highest BCUT2D eigenvalue weighted by Crippen LogP contribution is 2.52. The van der Waals surface area contributed by atoms with Crippen LogP contribution in [0.5, 0.6) is 34.5 Å². The Balaban J connectivity index is 1.89. The van der Waals surface area contributed by atoms with E-state index in [2.05, 4.69) is 0 Å². The van der Waals surface area contributed by atoms with Gasteiger partial charge in [0.15, 0.2) is 23.0 Å². The van der Waals surface area contributed by atoms with Crippen molar-refractivity contribution in [3.63, 3.8) is 0 Å². The fraction of sp³-hybridized carbons (Fsp3) is 0.250. The molecule has 0 atom stereocenters. The van der Waals surface area contributed by atoms with Gasteiger partial charge in [0, 0.05) is 18.2 Å². The van der Waals surface area contributed by atoms with Gasteiger partial charge in [-0.1, -0.05) is 36.4 Å². The van der Waals surface area contributed by atoms with Crippen LogP contribution >= 0.6 is 0 Å². The summed E-state index contributed by atoms with van der Waals surface area (Å²) >= 11 is 0. The molecule has 15 nitrogen and oxygen atoms in total. The average molecular weight is 786 g/mol. The number of hydrogen-bond donors (Lipinski definition) is 0. The van der Waals surface area contributed by atoms with E-state index in [1.165, 1.54) is 69.8 Å². The lowest BCUT2D eigenvalue weighted by Crippen LogP contribution is -2.26. The molecule has 0 aromatic heterocycles. The Kier molecular flexibility index (Phi) is 11.4. The Morgan fingerprint density at radius 3 is 1.73 bits per heavy atom. The smallest absolute Gasteiger partial charge is 0.306 e. The summed E-state index contributed by atoms with van der Waals surface area (Å²) in [7, 11) is -11.8. The zero-order chi connectivity index (χ0) is 37.9. The Morgan fingerprint density at radius 2 is 1.18 bits per heavy atom. The first kappa shape index (κ1) is 39.1. The van der Waals surface area contributed by atoms with E-state index in [4.69, 9.17) is 26.8 Å². The summed E-state index contributed by atoms with van der Waals surface area (Å²) in [4.78, 5) is 0. The summed E-state index contributed by atoms with van der Waals surface area (Å²) in [6, 6.07) is 18.0. The van der Waals surface area contributed by atoms with Crippen molar-refractivity contribution in [3.05, 3.63) is 78.4 Å². The lowest BCUT2D eigenvalue weighted by molar-refractivity contribution is 0.297. The molecule has 4 rings (SSSR count). The standard InChI is InChI=1S/C32H35NO14S4/c1-33(48(4,34)35)26-11-9-8-10-23(26)20-44-27-17-14-22(18-28(27)46-50(6,38)39)30-29(42-2)19-25(31(43-3)32(30)47-51(7,40)41)21-12-15-24(16-13-21)45-49(5,36)37/h8-19H,20H2,1-7H3. The molecule has 0 unspecified atom stereocenters. The summed E-state index contributed by atoms with van der Waals surface area (Å²) in [6.45, 7) is -0.197. The molecule has 0 saturated carbocycles. The van der Waals surface area contributed by atoms with Gasteiger partial charge in [0.25, 0.3) is 0 Å². The van der Waals surface area contributed by atoms with Crippen LogP contribution in [0, 0.1) is 0 Å². The zero-order valence-electron chi connectivity index (χ0n) is 28.4. The number of ether oxygens (including phenoxy) is 3. The summed E-state index contributed by atoms with van der Waals surface area (Å²) < 4.78 is 132. The van der Waals surface area contributed by atoms with Gasteiger partial charge in [-0.2, -0.15) is 25.3 Å². The van der Waals surface area contributed by atoms with Crippen molar-refractivity contribution in [2.24, 2.45) is 0 Å². The summed E-state index contributed by atoms with van der Waals surface area (Å²) in [5.74, 6) is -0.625. The predicted molar refractivity (Wildman–Crippen MR) is 191 cm³/mol. The first-order valence-electron chi connectivity index (χ1n) is 14.5. The average Bonchev–Trinajstić information content (AvgIpc) is 3.01. The third kappa shape index (κ3) is 10.2. The van der Waals surface area contributed by atoms with Crippen molar-refractivity contribution in [3.8, 4) is 56.8 Å². The molecule has 0 N–H and O–H groups in total. The minimum atomic E-state index is -4.22. The lowest BCUT2D eigenvalue weighted by Gasteiger charge is -2.22. The Bertz CT molecular complexity index is 2380. The number of nitrogens with zero attached hydrogens (tertiary/aromatic N) is 1. The topological polar surface area (TPSA) is 195 Å². The summed E-state index contributed by atoms with van der Waals surface area (Å²) in [6.07, 6.45) is 3.59. The number of methoxy groups -OCH3 is 2. The molecule has 0 saturated heterocycles. The second kappa shape index (κ2) is 14.9. The van der Waals surface area contributed by atoms with E-state index in [1.807, 2.05) is 0 Å². The van der Waals surface area contributed by atoms with E-state index in [0.29, 0.717) is 16.8 Å². The number of hydrogen-bond acceptors (Lipinski definition) is 14. The van der Waals surface area contributed by atoms with Gasteiger partial charge in [0.1, 0.15) is 18.1 Å². The van der Waals surface area contributed by atoms with E-state index in [-0.39, 0.29) is 57.8 Å². The molecule has 0 amide bonds. The zero-order valence-corrected chi connectivity index (χ0v) is 31.7. The third-order valence-corrected chi connectivity index (χ3v) is 9.60. The molecule has 0 bridgehead atoms. The second-order valence-electron chi connectivity index (χ2n) is 11.1. The first-order chi connectivity index (χ1) is 23.6. The maximum absolute atomic E-state index is 12.6. The van der Waals surface area contributed by atoms with Crippen molar-refractivity contribution >= 4 is 46.1 Å². The molecule has 0 aliphatic heterocycles. The van der Waals surface area contributed by atoms with E-state index in [9.17, 15) is 33.7 Å². The van der Waals surface area contributed by atoms with Gasteiger partial charge in [-0.15, -0.1) is 0 Å². The van der Waals surface area contributed by atoms with E-state index in [1.54, 1.807) is 24.3 Å². The molecule has 19 heteroatoms. The highest BCUT2D eigenvalue weighted by atomic mass is 32.2. The third-order valence-electron chi connectivity index (χ3n) is 6.96. The minimum absolute atomic E-state index is 0.0306. The van der Waals surface area contributed by atoms with E-state index >= 15 is 0 Å². The highest BCUT2D eigenvalue weighted by Gasteiger charge is 2.28. The largest absolute Gasteiger partial charge is 0.496 e. The van der Waals surface area contributed by atoms with Crippen LogP contribution in [0.15, 0.2) is 72.8 Å². The van der Waals surface area contributed by atoms with Gasteiger partial charge in [0.05, 0.1) is 50.5 Å². The van der Waals surface area contributed by atoms with Crippen molar-refractivity contribution in [1.29, 1.82) is 0 Å². The Morgan fingerprint density at radius 1 is 0.588 bits per heavy atom. The van der Waals surface area contributed by atoms with Crippen LogP contribution in [-0.4, -0.2) is 80.0 Å². The molecular formula is C32H35NO14S4. The fourth-order valence-electron chi connectivity index (χ4n) is 4.85. The molecule has 276 valence electrons. The van der Waals surface area contributed by atoms with Gasteiger partial charge in [-0.05, 0) is 47.5 Å². The lowest BCUT2D eigenvalue weighted by atomic mass is 9.96. The molecule has 0 aliphatic rings. The van der Waals surface area contributed by atoms with Crippen LogP contribution in [-0.2, 0) is 47.0 Å². The van der Waals surface area contributed by atoms with Crippen molar-refractivity contribution in [1.82, 2.24) is 0 Å². The molecule has 0 radical (unpaired) electrons. The Hall–Kier alpha value is -4.72. The molecule has 4 aromatic carbocycles. The number of benzene rings is 4. The normalized spacial score (nSPS) is 12.1. The molecule has 0 aliphatic carbocycles. The van der Waals surface area contributed by atoms with Crippen LogP contribution in [0.2, 0.25) is 0 Å². The maximum Gasteiger partial charge on any atom is 0.306 e. The Labute approximate surface area is 297 Å². The quantitative estimate of drug-likeness (QED) is 0.157. The molecule has 51 heavy (non-hydrogen) atoms. The van der Waals surface area contributed by atoms with Crippen molar-refractivity contribution < 1.29 is 60.4 Å². The van der Waals surface area contributed by atoms with Crippen LogP contribution < -0.4 is 31.1 Å². The van der Waals surface area contributed by atoms with Gasteiger partial charge in [-0.25, -0.2) is 8.42 Å². The molecule has 4 aromatic rings. The first-order valence-corrected chi connectivity index (χ1v) is 21.8. The summed E-state index contributed by atoms with van der Waals surface area (Å²) in [5, 5.41) is 0. The van der Waals surface area contributed by atoms with E-state index in [0.717, 1.165) is 29.3 Å². The van der Waals surface area contributed by atoms with Crippen molar-refractivity contribution in [2.45, 2.75) is 6.61 Å². The monoisotopic (exact) mass is 785 g/mol. The number of sulfonamides is 1. The summed E-state index contributed by atoms with van der Waals surface area (Å²) in [5.41, 5.74) is 1.71. The SMILES string of the molecule is COc1cc(-c2ccc(OS(C)(=O)=O)cc2)c(OC)c(OS(C)(=O)=O)c1-c1ccc(OCc2ccccc2N(C)S(C)(=O)=O)c(OS(C)(=O)=O)c1. The highest BCUT2D eigenvalue weighted by molar-refractivity contribution is 7.92. The minimum Gasteiger partial charge on any atom is -0.496 e. The molecule has 0 heterocycles. The second-order valence-corrected chi connectivity index (χ2v) is 17.8. The van der Waals surface area contributed by atoms with Gasteiger partial charge in [0.2, 0.25) is 10.0 Å². The molecule has 0 fully saturated rings. The van der Waals surface area contributed by atoms with Crippen LogP contribution in [0.25, 0.3) is 22.3 Å². The number of para-hydroxylation sites is 1. The molecule has 0 spiro atoms. The fourth-order valence-corrected chi connectivity index (χ4v) is 6.76. The maximum atomic E-state index is 12.6. The van der Waals surface area contributed by atoms with Crippen LogP contribution in [0.1, 0.15) is 5.56 Å². The van der Waals surface area contributed by atoms with Crippen LogP contribution in [0.3, 0.4) is 0 Å². The van der Waals surface area contributed by atoms with E-state index < -0.39 is 40.4 Å². The van der Waals surface area contributed by atoms with Crippen molar-refractivity contribution in [2.75, 3.05) is 50.6 Å². The van der Waals surface area contributed by atoms with Gasteiger partial charge < -0.3 is 26.8 Å². The van der Waals surface area contributed by atoms with Crippen LogP contribution in [0.4, 0.5) is 5.69 Å². The van der Waals surface area contributed by atoms with Gasteiger partial charge in [-0.3, -0.25) is 4.31 Å². The molecular weight excluding hydrogens is 751 g/mol. The predicted octanol–water partition coefficient (Wildman–Crippen LogP) is 4.03. The number of rotatable bonds is 15. The van der Waals surface area contributed by atoms with Gasteiger partial charge >= 0.3 is 30.4 Å².